The highest BCUT2D eigenvalue weighted by molar-refractivity contribution is 7.99. The van der Waals surface area contributed by atoms with Gasteiger partial charge in [0, 0.05) is 32.7 Å². The minimum absolute atomic E-state index is 0.132. The normalized spacial score (nSPS) is 15.0. The summed E-state index contributed by atoms with van der Waals surface area (Å²) in [7, 11) is 0. The van der Waals surface area contributed by atoms with E-state index in [2.05, 4.69) is 69.5 Å². The zero-order valence-electron chi connectivity index (χ0n) is 16.3. The van der Waals surface area contributed by atoms with Crippen molar-refractivity contribution in [2.75, 3.05) is 31.9 Å². The number of hydrogen-bond donors (Lipinski definition) is 0. The molecule has 0 saturated carbocycles. The molecule has 1 aliphatic rings. The molecule has 8 heteroatoms. The van der Waals surface area contributed by atoms with E-state index in [1.165, 1.54) is 28.1 Å². The third-order valence-electron chi connectivity index (χ3n) is 5.12. The van der Waals surface area contributed by atoms with Gasteiger partial charge >= 0.3 is 0 Å². The number of piperazine rings is 1. The number of benzene rings is 2. The summed E-state index contributed by atoms with van der Waals surface area (Å²) in [5.41, 5.74) is 1.34. The van der Waals surface area contributed by atoms with Crippen molar-refractivity contribution in [2.45, 2.75) is 18.2 Å². The van der Waals surface area contributed by atoms with Crippen LogP contribution >= 0.6 is 11.8 Å². The highest BCUT2D eigenvalue weighted by Gasteiger charge is 2.22. The third-order valence-corrected chi connectivity index (χ3v) is 6.07. The lowest BCUT2D eigenvalue weighted by atomic mass is 10.0. The maximum atomic E-state index is 12.6. The summed E-state index contributed by atoms with van der Waals surface area (Å²) in [6, 6.07) is 15.0. The van der Waals surface area contributed by atoms with Gasteiger partial charge in [0.25, 0.3) is 0 Å². The molecule has 0 atom stereocenters. The van der Waals surface area contributed by atoms with Crippen molar-refractivity contribution in [3.63, 3.8) is 0 Å². The Balaban J connectivity index is 1.29. The number of amides is 1. The monoisotopic (exact) mass is 408 g/mol. The molecule has 0 spiro atoms. The summed E-state index contributed by atoms with van der Waals surface area (Å²) in [6.45, 7) is 8.41. The average molecular weight is 409 g/mol. The quantitative estimate of drug-likeness (QED) is 0.442. The van der Waals surface area contributed by atoms with Crippen molar-refractivity contribution in [3.8, 4) is 0 Å². The highest BCUT2D eigenvalue weighted by Crippen LogP contribution is 2.21. The lowest BCUT2D eigenvalue weighted by Gasteiger charge is -2.35. The Kier molecular flexibility index (Phi) is 6.21. The van der Waals surface area contributed by atoms with Crippen LogP contribution in [0.4, 0.5) is 0 Å². The summed E-state index contributed by atoms with van der Waals surface area (Å²) in [4.78, 5) is 16.9. The number of allylic oxidation sites excluding steroid dienone is 1. The van der Waals surface area contributed by atoms with E-state index in [-0.39, 0.29) is 5.91 Å². The van der Waals surface area contributed by atoms with Gasteiger partial charge in [-0.05, 0) is 26.8 Å². The van der Waals surface area contributed by atoms with Gasteiger partial charge in [-0.2, -0.15) is 0 Å². The van der Waals surface area contributed by atoms with Crippen molar-refractivity contribution in [3.05, 3.63) is 60.7 Å². The number of hydrogen-bond acceptors (Lipinski definition) is 6. The first-order valence-electron chi connectivity index (χ1n) is 9.71. The van der Waals surface area contributed by atoms with Crippen LogP contribution in [0.3, 0.4) is 0 Å². The van der Waals surface area contributed by atoms with Crippen LogP contribution in [0.15, 0.2) is 60.3 Å². The van der Waals surface area contributed by atoms with Crippen LogP contribution in [0, 0.1) is 0 Å². The van der Waals surface area contributed by atoms with Crippen molar-refractivity contribution >= 4 is 28.4 Å². The zero-order chi connectivity index (χ0) is 20.1. The van der Waals surface area contributed by atoms with Gasteiger partial charge < -0.3 is 4.90 Å². The van der Waals surface area contributed by atoms with Crippen molar-refractivity contribution in [1.29, 1.82) is 0 Å². The summed E-state index contributed by atoms with van der Waals surface area (Å²) in [6.07, 6.45) is 1.73. The van der Waals surface area contributed by atoms with Gasteiger partial charge in [0.15, 0.2) is 0 Å². The van der Waals surface area contributed by atoms with E-state index >= 15 is 0 Å². The smallest absolute Gasteiger partial charge is 0.233 e. The van der Waals surface area contributed by atoms with E-state index in [0.717, 1.165) is 32.7 Å². The molecule has 1 aliphatic heterocycles. The first-order valence-corrected chi connectivity index (χ1v) is 10.7. The molecule has 0 radical (unpaired) electrons. The predicted octanol–water partition coefficient (Wildman–Crippen LogP) is 2.45. The molecule has 0 N–H and O–H groups in total. The van der Waals surface area contributed by atoms with Crippen LogP contribution in [0.2, 0.25) is 0 Å². The van der Waals surface area contributed by atoms with E-state index in [1.54, 1.807) is 10.8 Å². The number of fused-ring (bicyclic) bond motifs is 1. The molecule has 7 nitrogen and oxygen atoms in total. The molecule has 1 amide bonds. The second-order valence-corrected chi connectivity index (χ2v) is 7.96. The molecule has 4 rings (SSSR count). The van der Waals surface area contributed by atoms with E-state index in [1.807, 2.05) is 4.90 Å². The number of carbonyl (C=O) groups excluding carboxylic acids is 1. The molecule has 3 aromatic rings. The fraction of sp³-hybridized carbons (Fsp3) is 0.333. The van der Waals surface area contributed by atoms with E-state index < -0.39 is 0 Å². The average Bonchev–Trinajstić information content (AvgIpc) is 3.20. The topological polar surface area (TPSA) is 67.2 Å². The van der Waals surface area contributed by atoms with Gasteiger partial charge in [-0.15, -0.1) is 11.7 Å². The molecule has 0 unspecified atom stereocenters. The van der Waals surface area contributed by atoms with Gasteiger partial charge in [0.05, 0.1) is 12.3 Å². The number of nitrogens with zero attached hydrogens (tertiary/aromatic N) is 6. The van der Waals surface area contributed by atoms with Crippen LogP contribution in [-0.2, 0) is 17.9 Å². The zero-order valence-corrected chi connectivity index (χ0v) is 17.1. The SMILES string of the molecule is C=CCn1nnnc1SCC(=O)N1CCN(Cc2cccc3ccccc23)CC1. The highest BCUT2D eigenvalue weighted by atomic mass is 32.2. The molecular formula is C21H24N6OS. The van der Waals surface area contributed by atoms with Gasteiger partial charge in [0.1, 0.15) is 0 Å². The van der Waals surface area contributed by atoms with Crippen molar-refractivity contribution in [1.82, 2.24) is 30.0 Å². The first-order chi connectivity index (χ1) is 14.2. The molecular weight excluding hydrogens is 384 g/mol. The van der Waals surface area contributed by atoms with Crippen molar-refractivity contribution in [2.24, 2.45) is 0 Å². The minimum Gasteiger partial charge on any atom is -0.339 e. The molecule has 0 aliphatic carbocycles. The van der Waals surface area contributed by atoms with Gasteiger partial charge in [0.2, 0.25) is 11.1 Å². The third kappa shape index (κ3) is 4.65. The lowest BCUT2D eigenvalue weighted by molar-refractivity contribution is -0.130. The summed E-state index contributed by atoms with van der Waals surface area (Å²) in [5, 5.41) is 14.8. The molecule has 150 valence electrons. The molecule has 1 saturated heterocycles. The Morgan fingerprint density at radius 1 is 1.10 bits per heavy atom. The molecule has 1 aromatic heterocycles. The number of thioether (sulfide) groups is 1. The van der Waals surface area contributed by atoms with Crippen LogP contribution in [0.5, 0.6) is 0 Å². The Hall–Kier alpha value is -2.71. The van der Waals surface area contributed by atoms with E-state index in [4.69, 9.17) is 0 Å². The molecule has 2 aromatic carbocycles. The van der Waals surface area contributed by atoms with Crippen LogP contribution in [0.25, 0.3) is 10.8 Å². The Bertz CT molecular complexity index is 990. The van der Waals surface area contributed by atoms with Gasteiger partial charge in [-0.1, -0.05) is 60.3 Å². The lowest BCUT2D eigenvalue weighted by Crippen LogP contribution is -2.48. The number of tetrazole rings is 1. The second kappa shape index (κ2) is 9.19. The summed E-state index contributed by atoms with van der Waals surface area (Å²) >= 11 is 1.37. The fourth-order valence-corrected chi connectivity index (χ4v) is 4.37. The fourth-order valence-electron chi connectivity index (χ4n) is 3.58. The number of rotatable bonds is 7. The Morgan fingerprint density at radius 2 is 1.90 bits per heavy atom. The first kappa shape index (κ1) is 19.6. The summed E-state index contributed by atoms with van der Waals surface area (Å²) in [5.74, 6) is 0.480. The number of carbonyl (C=O) groups is 1. The standard InChI is InChI=1S/C21H24N6OS/c1-2-10-27-21(22-23-24-27)29-16-20(28)26-13-11-25(12-14-26)15-18-8-5-7-17-6-3-4-9-19(17)18/h2-9H,1,10-16H2. The maximum Gasteiger partial charge on any atom is 0.233 e. The van der Waals surface area contributed by atoms with Crippen molar-refractivity contribution < 1.29 is 4.79 Å². The second-order valence-electron chi connectivity index (χ2n) is 7.02. The van der Waals surface area contributed by atoms with E-state index in [9.17, 15) is 4.79 Å². The van der Waals surface area contributed by atoms with Crippen LogP contribution in [-0.4, -0.2) is 67.8 Å². The Labute approximate surface area is 174 Å². The van der Waals surface area contributed by atoms with Gasteiger partial charge in [-0.25, -0.2) is 4.68 Å². The largest absolute Gasteiger partial charge is 0.339 e. The van der Waals surface area contributed by atoms with Gasteiger partial charge in [-0.3, -0.25) is 9.69 Å². The van der Waals surface area contributed by atoms with Crippen LogP contribution in [0.1, 0.15) is 5.56 Å². The maximum absolute atomic E-state index is 12.6. The molecule has 0 bridgehead atoms. The molecule has 29 heavy (non-hydrogen) atoms. The van der Waals surface area contributed by atoms with Crippen LogP contribution < -0.4 is 0 Å². The molecule has 2 heterocycles. The number of aromatic nitrogens is 4. The predicted molar refractivity (Wildman–Crippen MR) is 115 cm³/mol. The van der Waals surface area contributed by atoms with E-state index in [0.29, 0.717) is 17.5 Å². The summed E-state index contributed by atoms with van der Waals surface area (Å²) < 4.78 is 1.65. The minimum atomic E-state index is 0.132. The Morgan fingerprint density at radius 3 is 2.72 bits per heavy atom. The molecule has 1 fully saturated rings.